The van der Waals surface area contributed by atoms with E-state index >= 15 is 0 Å². The first kappa shape index (κ1) is 21.7. The number of aliphatic imine (C=N–C) groups is 1. The summed E-state index contributed by atoms with van der Waals surface area (Å²) >= 11 is 0. The molecule has 0 radical (unpaired) electrons. The summed E-state index contributed by atoms with van der Waals surface area (Å²) in [6.45, 7) is 5.70. The van der Waals surface area contributed by atoms with Crippen LogP contribution in [0.15, 0.2) is 33.8 Å². The van der Waals surface area contributed by atoms with Gasteiger partial charge in [-0.15, -0.1) is 0 Å². The number of nitrogens with zero attached hydrogens (tertiary/aromatic N) is 3. The molecule has 0 spiro atoms. The minimum atomic E-state index is -0.175. The summed E-state index contributed by atoms with van der Waals surface area (Å²) < 4.78 is 15.9. The SMILES string of the molecule is CCOC(C)c1noc(CNC(=NC)NCCCCc2ccc(OC)cc2)n1. The standard InChI is InChI=1S/C20H31N5O3/c1-5-27-15(2)19-24-18(28-25-19)14-23-20(21-3)22-13-7-6-8-16-9-11-17(26-4)12-10-16/h9-12,15H,5-8,13-14H2,1-4H3,(H2,21,22,23). The van der Waals surface area contributed by atoms with E-state index in [0.29, 0.717) is 30.8 Å². The second-order valence-corrected chi connectivity index (χ2v) is 6.30. The fraction of sp³-hybridized carbons (Fsp3) is 0.550. The van der Waals surface area contributed by atoms with Gasteiger partial charge >= 0.3 is 0 Å². The zero-order chi connectivity index (χ0) is 20.2. The molecule has 0 amide bonds. The van der Waals surface area contributed by atoms with E-state index in [1.165, 1.54) is 5.56 Å². The number of aryl methyl sites for hydroxylation is 1. The van der Waals surface area contributed by atoms with Gasteiger partial charge in [0.15, 0.2) is 11.8 Å². The molecule has 1 aromatic carbocycles. The molecular formula is C20H31N5O3. The molecular weight excluding hydrogens is 358 g/mol. The van der Waals surface area contributed by atoms with Crippen LogP contribution < -0.4 is 15.4 Å². The Kier molecular flexibility index (Phi) is 9.27. The van der Waals surface area contributed by atoms with Crippen molar-refractivity contribution in [3.8, 4) is 5.75 Å². The Morgan fingerprint density at radius 1 is 1.21 bits per heavy atom. The Balaban J connectivity index is 1.64. The third-order valence-electron chi connectivity index (χ3n) is 4.24. The first-order chi connectivity index (χ1) is 13.7. The largest absolute Gasteiger partial charge is 0.497 e. The number of ether oxygens (including phenoxy) is 2. The highest BCUT2D eigenvalue weighted by molar-refractivity contribution is 5.79. The first-order valence-corrected chi connectivity index (χ1v) is 9.67. The minimum Gasteiger partial charge on any atom is -0.497 e. The molecule has 2 N–H and O–H groups in total. The molecule has 0 aliphatic rings. The van der Waals surface area contributed by atoms with Gasteiger partial charge in [-0.2, -0.15) is 4.98 Å². The fourth-order valence-corrected chi connectivity index (χ4v) is 2.66. The molecule has 0 bridgehead atoms. The van der Waals surface area contributed by atoms with Gasteiger partial charge < -0.3 is 24.6 Å². The summed E-state index contributed by atoms with van der Waals surface area (Å²) in [6.07, 6.45) is 3.01. The molecule has 0 saturated heterocycles. The van der Waals surface area contributed by atoms with E-state index in [2.05, 4.69) is 37.9 Å². The molecule has 2 aromatic rings. The van der Waals surface area contributed by atoms with Crippen LogP contribution in [0.25, 0.3) is 0 Å². The number of rotatable bonds is 11. The minimum absolute atomic E-state index is 0.175. The lowest BCUT2D eigenvalue weighted by Crippen LogP contribution is -2.37. The Morgan fingerprint density at radius 3 is 2.68 bits per heavy atom. The van der Waals surface area contributed by atoms with Crippen LogP contribution in [0.5, 0.6) is 5.75 Å². The molecule has 1 aromatic heterocycles. The molecule has 28 heavy (non-hydrogen) atoms. The van der Waals surface area contributed by atoms with Crippen LogP contribution in [0.1, 0.15) is 50.1 Å². The van der Waals surface area contributed by atoms with E-state index in [9.17, 15) is 0 Å². The molecule has 2 rings (SSSR count). The molecule has 154 valence electrons. The van der Waals surface area contributed by atoms with Crippen molar-refractivity contribution in [1.29, 1.82) is 0 Å². The van der Waals surface area contributed by atoms with Crippen LogP contribution in [0.4, 0.5) is 0 Å². The van der Waals surface area contributed by atoms with E-state index < -0.39 is 0 Å². The third kappa shape index (κ3) is 7.19. The maximum atomic E-state index is 5.46. The van der Waals surface area contributed by atoms with Crippen molar-refractivity contribution in [3.05, 3.63) is 41.5 Å². The van der Waals surface area contributed by atoms with Crippen molar-refractivity contribution in [1.82, 2.24) is 20.8 Å². The van der Waals surface area contributed by atoms with Crippen molar-refractivity contribution >= 4 is 5.96 Å². The highest BCUT2D eigenvalue weighted by Gasteiger charge is 2.13. The van der Waals surface area contributed by atoms with Gasteiger partial charge in [0, 0.05) is 20.2 Å². The molecule has 0 saturated carbocycles. The number of hydrogen-bond donors (Lipinski definition) is 2. The molecule has 0 aliphatic heterocycles. The number of benzene rings is 1. The summed E-state index contributed by atoms with van der Waals surface area (Å²) in [5, 5.41) is 10.4. The summed E-state index contributed by atoms with van der Waals surface area (Å²) in [6, 6.07) is 8.21. The number of methoxy groups -OCH3 is 1. The molecule has 0 fully saturated rings. The zero-order valence-electron chi connectivity index (χ0n) is 17.2. The van der Waals surface area contributed by atoms with E-state index in [1.807, 2.05) is 26.0 Å². The molecule has 1 heterocycles. The third-order valence-corrected chi connectivity index (χ3v) is 4.24. The highest BCUT2D eigenvalue weighted by atomic mass is 16.5. The van der Waals surface area contributed by atoms with Gasteiger partial charge in [-0.1, -0.05) is 17.3 Å². The zero-order valence-corrected chi connectivity index (χ0v) is 17.2. The summed E-state index contributed by atoms with van der Waals surface area (Å²) in [5.41, 5.74) is 1.32. The lowest BCUT2D eigenvalue weighted by Gasteiger charge is -2.10. The molecule has 8 nitrogen and oxygen atoms in total. The first-order valence-electron chi connectivity index (χ1n) is 9.67. The number of hydrogen-bond acceptors (Lipinski definition) is 6. The van der Waals surface area contributed by atoms with Gasteiger partial charge in [0.1, 0.15) is 11.9 Å². The van der Waals surface area contributed by atoms with E-state index in [-0.39, 0.29) is 6.10 Å². The molecule has 0 aliphatic carbocycles. The van der Waals surface area contributed by atoms with Gasteiger partial charge in [-0.3, -0.25) is 4.99 Å². The molecule has 1 atom stereocenters. The average molecular weight is 390 g/mol. The summed E-state index contributed by atoms with van der Waals surface area (Å²) in [5.74, 6) is 2.66. The number of unbranched alkanes of at least 4 members (excludes halogenated alkanes) is 1. The topological polar surface area (TPSA) is 93.8 Å². The lowest BCUT2D eigenvalue weighted by molar-refractivity contribution is 0.0683. The summed E-state index contributed by atoms with van der Waals surface area (Å²) in [7, 11) is 3.42. The Morgan fingerprint density at radius 2 is 2.00 bits per heavy atom. The Labute approximate surface area is 166 Å². The monoisotopic (exact) mass is 389 g/mol. The van der Waals surface area contributed by atoms with Crippen molar-refractivity contribution in [2.75, 3.05) is 27.3 Å². The van der Waals surface area contributed by atoms with E-state index in [0.717, 1.165) is 31.6 Å². The maximum Gasteiger partial charge on any atom is 0.246 e. The van der Waals surface area contributed by atoms with Crippen LogP contribution in [-0.4, -0.2) is 43.4 Å². The van der Waals surface area contributed by atoms with Gasteiger partial charge in [-0.25, -0.2) is 0 Å². The second-order valence-electron chi connectivity index (χ2n) is 6.30. The van der Waals surface area contributed by atoms with Gasteiger partial charge in [0.25, 0.3) is 0 Å². The Hall–Kier alpha value is -2.61. The van der Waals surface area contributed by atoms with Crippen LogP contribution in [0.2, 0.25) is 0 Å². The normalized spacial score (nSPS) is 12.6. The Bertz CT molecular complexity index is 715. The van der Waals surface area contributed by atoms with Crippen molar-refractivity contribution in [2.24, 2.45) is 4.99 Å². The summed E-state index contributed by atoms with van der Waals surface area (Å²) in [4.78, 5) is 8.55. The van der Waals surface area contributed by atoms with Crippen LogP contribution in [0, 0.1) is 0 Å². The number of nitrogens with one attached hydrogen (secondary N) is 2. The van der Waals surface area contributed by atoms with E-state index in [4.69, 9.17) is 14.0 Å². The maximum absolute atomic E-state index is 5.46. The second kappa shape index (κ2) is 12.0. The van der Waals surface area contributed by atoms with Crippen molar-refractivity contribution < 1.29 is 14.0 Å². The molecule has 1 unspecified atom stereocenters. The lowest BCUT2D eigenvalue weighted by atomic mass is 10.1. The number of aromatic nitrogens is 2. The van der Waals surface area contributed by atoms with Crippen LogP contribution in [0.3, 0.4) is 0 Å². The van der Waals surface area contributed by atoms with E-state index in [1.54, 1.807) is 14.2 Å². The van der Waals surface area contributed by atoms with Crippen molar-refractivity contribution in [3.63, 3.8) is 0 Å². The quantitative estimate of drug-likeness (QED) is 0.347. The average Bonchev–Trinajstić information content (AvgIpc) is 3.20. The van der Waals surface area contributed by atoms with Gasteiger partial charge in [0.2, 0.25) is 5.89 Å². The molecule has 8 heteroatoms. The van der Waals surface area contributed by atoms with Crippen LogP contribution >= 0.6 is 0 Å². The number of guanidine groups is 1. The van der Waals surface area contributed by atoms with Crippen molar-refractivity contribution in [2.45, 2.75) is 45.8 Å². The fourth-order valence-electron chi connectivity index (χ4n) is 2.66. The predicted molar refractivity (Wildman–Crippen MR) is 108 cm³/mol. The smallest absolute Gasteiger partial charge is 0.246 e. The van der Waals surface area contributed by atoms with Gasteiger partial charge in [0.05, 0.1) is 13.7 Å². The van der Waals surface area contributed by atoms with Crippen LogP contribution in [-0.2, 0) is 17.7 Å². The van der Waals surface area contributed by atoms with Gasteiger partial charge in [-0.05, 0) is 50.8 Å². The predicted octanol–water partition coefficient (Wildman–Crippen LogP) is 2.86. The highest BCUT2D eigenvalue weighted by Crippen LogP contribution is 2.13.